The van der Waals surface area contributed by atoms with E-state index in [0.29, 0.717) is 0 Å². The van der Waals surface area contributed by atoms with Crippen LogP contribution in [0.1, 0.15) is 16.7 Å². The van der Waals surface area contributed by atoms with Crippen LogP contribution in [-0.2, 0) is 17.9 Å². The lowest BCUT2D eigenvalue weighted by molar-refractivity contribution is -0.131. The Morgan fingerprint density at radius 2 is 1.60 bits per heavy atom. The maximum absolute atomic E-state index is 10.5. The zero-order valence-electron chi connectivity index (χ0n) is 11.0. The van der Waals surface area contributed by atoms with Gasteiger partial charge in [0.2, 0.25) is 0 Å². The fourth-order valence-corrected chi connectivity index (χ4v) is 2.48. The van der Waals surface area contributed by atoms with E-state index in [1.54, 1.807) is 6.08 Å². The standard InChI is InChI=1S/C17H15NO2/c19-17(20)10-7-13-5-8-16(9-6-13)18-11-14-3-1-2-4-15(14)12-18/h1-10H,11-12H2,(H,19,20). The molecule has 0 saturated carbocycles. The number of anilines is 1. The van der Waals surface area contributed by atoms with Crippen LogP contribution in [0.4, 0.5) is 5.69 Å². The molecule has 20 heavy (non-hydrogen) atoms. The summed E-state index contributed by atoms with van der Waals surface area (Å²) in [4.78, 5) is 12.8. The molecule has 0 aliphatic carbocycles. The average Bonchev–Trinajstić information content (AvgIpc) is 2.89. The lowest BCUT2D eigenvalue weighted by Crippen LogP contribution is -2.14. The molecule has 1 aliphatic rings. The molecule has 3 rings (SSSR count). The summed E-state index contributed by atoms with van der Waals surface area (Å²) < 4.78 is 0. The third-order valence-corrected chi connectivity index (χ3v) is 3.52. The Kier molecular flexibility index (Phi) is 3.25. The van der Waals surface area contributed by atoms with Crippen LogP contribution in [0.2, 0.25) is 0 Å². The van der Waals surface area contributed by atoms with Crippen LogP contribution < -0.4 is 4.90 Å². The maximum Gasteiger partial charge on any atom is 0.328 e. The second-order valence-electron chi connectivity index (χ2n) is 4.89. The van der Waals surface area contributed by atoms with Crippen LogP contribution in [-0.4, -0.2) is 11.1 Å². The SMILES string of the molecule is O=C(O)C=Cc1ccc(N2Cc3ccccc3C2)cc1. The third kappa shape index (κ3) is 2.57. The van der Waals surface area contributed by atoms with Crippen LogP contribution in [0, 0.1) is 0 Å². The first-order valence-electron chi connectivity index (χ1n) is 6.55. The summed E-state index contributed by atoms with van der Waals surface area (Å²) in [6, 6.07) is 16.4. The predicted molar refractivity (Wildman–Crippen MR) is 79.4 cm³/mol. The normalized spacial score (nSPS) is 13.7. The zero-order valence-corrected chi connectivity index (χ0v) is 11.0. The van der Waals surface area contributed by atoms with Gasteiger partial charge in [0.1, 0.15) is 0 Å². The van der Waals surface area contributed by atoms with E-state index in [9.17, 15) is 4.79 Å². The third-order valence-electron chi connectivity index (χ3n) is 3.52. The highest BCUT2D eigenvalue weighted by Crippen LogP contribution is 2.28. The second-order valence-corrected chi connectivity index (χ2v) is 4.89. The number of benzene rings is 2. The summed E-state index contributed by atoms with van der Waals surface area (Å²) in [5, 5.41) is 8.61. The topological polar surface area (TPSA) is 40.5 Å². The minimum atomic E-state index is -0.927. The van der Waals surface area contributed by atoms with Crippen molar-refractivity contribution in [3.05, 3.63) is 71.3 Å². The van der Waals surface area contributed by atoms with E-state index in [1.165, 1.54) is 11.1 Å². The molecule has 3 nitrogen and oxygen atoms in total. The summed E-state index contributed by atoms with van der Waals surface area (Å²) >= 11 is 0. The van der Waals surface area contributed by atoms with Gasteiger partial charge in [0.05, 0.1) is 0 Å². The molecule has 2 aromatic rings. The van der Waals surface area contributed by atoms with Crippen molar-refractivity contribution in [1.82, 2.24) is 0 Å². The highest BCUT2D eigenvalue weighted by atomic mass is 16.4. The number of carboxylic acids is 1. The quantitative estimate of drug-likeness (QED) is 0.866. The molecule has 1 aliphatic heterocycles. The summed E-state index contributed by atoms with van der Waals surface area (Å²) in [6.45, 7) is 1.86. The van der Waals surface area contributed by atoms with Crippen molar-refractivity contribution in [3.63, 3.8) is 0 Å². The van der Waals surface area contributed by atoms with Crippen molar-refractivity contribution in [1.29, 1.82) is 0 Å². The van der Waals surface area contributed by atoms with Gasteiger partial charge < -0.3 is 10.0 Å². The molecule has 0 bridgehead atoms. The average molecular weight is 265 g/mol. The van der Waals surface area contributed by atoms with Gasteiger partial charge in [-0.25, -0.2) is 4.79 Å². The zero-order chi connectivity index (χ0) is 13.9. The number of aliphatic carboxylic acids is 1. The van der Waals surface area contributed by atoms with E-state index in [2.05, 4.69) is 29.2 Å². The summed E-state index contributed by atoms with van der Waals surface area (Å²) in [7, 11) is 0. The van der Waals surface area contributed by atoms with Crippen LogP contribution in [0.25, 0.3) is 6.08 Å². The molecule has 1 N–H and O–H groups in total. The summed E-state index contributed by atoms with van der Waals surface area (Å²) in [5.74, 6) is -0.927. The van der Waals surface area contributed by atoms with Crippen molar-refractivity contribution in [2.45, 2.75) is 13.1 Å². The first-order valence-corrected chi connectivity index (χ1v) is 6.55. The maximum atomic E-state index is 10.5. The largest absolute Gasteiger partial charge is 0.478 e. The molecule has 0 spiro atoms. The minimum Gasteiger partial charge on any atom is -0.478 e. The fourth-order valence-electron chi connectivity index (χ4n) is 2.48. The van der Waals surface area contributed by atoms with E-state index >= 15 is 0 Å². The molecule has 100 valence electrons. The second kappa shape index (κ2) is 5.21. The van der Waals surface area contributed by atoms with Gasteiger partial charge in [-0.1, -0.05) is 36.4 Å². The van der Waals surface area contributed by atoms with E-state index in [-0.39, 0.29) is 0 Å². The molecule has 0 unspecified atom stereocenters. The Morgan fingerprint density at radius 1 is 1.00 bits per heavy atom. The molecule has 0 fully saturated rings. The van der Waals surface area contributed by atoms with Gasteiger partial charge in [-0.3, -0.25) is 0 Å². The number of carboxylic acid groups (broad SMARTS) is 1. The van der Waals surface area contributed by atoms with E-state index in [4.69, 9.17) is 5.11 Å². The Balaban J connectivity index is 1.75. The van der Waals surface area contributed by atoms with Gasteiger partial charge in [-0.05, 0) is 34.9 Å². The number of fused-ring (bicyclic) bond motifs is 1. The summed E-state index contributed by atoms with van der Waals surface area (Å²) in [5.41, 5.74) is 4.81. The van der Waals surface area contributed by atoms with Gasteiger partial charge in [0.25, 0.3) is 0 Å². The number of rotatable bonds is 3. The van der Waals surface area contributed by atoms with Gasteiger partial charge in [0.15, 0.2) is 0 Å². The molecule has 0 atom stereocenters. The van der Waals surface area contributed by atoms with Crippen molar-refractivity contribution in [3.8, 4) is 0 Å². The molecule has 2 aromatic carbocycles. The highest BCUT2D eigenvalue weighted by Gasteiger charge is 2.18. The lowest BCUT2D eigenvalue weighted by Gasteiger charge is -2.17. The Labute approximate surface area is 117 Å². The van der Waals surface area contributed by atoms with Crippen LogP contribution in [0.3, 0.4) is 0 Å². The van der Waals surface area contributed by atoms with Gasteiger partial charge in [-0.15, -0.1) is 0 Å². The molecule has 0 radical (unpaired) electrons. The van der Waals surface area contributed by atoms with Crippen LogP contribution in [0.15, 0.2) is 54.6 Å². The first-order chi connectivity index (χ1) is 9.72. The van der Waals surface area contributed by atoms with Gasteiger partial charge in [0, 0.05) is 24.9 Å². The molecule has 1 heterocycles. The Hall–Kier alpha value is -2.55. The van der Waals surface area contributed by atoms with Crippen molar-refractivity contribution < 1.29 is 9.90 Å². The summed E-state index contributed by atoms with van der Waals surface area (Å²) in [6.07, 6.45) is 2.76. The van der Waals surface area contributed by atoms with Crippen molar-refractivity contribution >= 4 is 17.7 Å². The first kappa shape index (κ1) is 12.5. The van der Waals surface area contributed by atoms with E-state index < -0.39 is 5.97 Å². The predicted octanol–water partition coefficient (Wildman–Crippen LogP) is 3.30. The molecule has 0 saturated heterocycles. The molecular formula is C17H15NO2. The number of hydrogen-bond donors (Lipinski definition) is 1. The molecular weight excluding hydrogens is 250 g/mol. The highest BCUT2D eigenvalue weighted by molar-refractivity contribution is 5.85. The van der Waals surface area contributed by atoms with E-state index in [0.717, 1.165) is 30.4 Å². The number of hydrogen-bond acceptors (Lipinski definition) is 2. The minimum absolute atomic E-state index is 0.896. The molecule has 0 aromatic heterocycles. The Morgan fingerprint density at radius 3 is 2.15 bits per heavy atom. The fraction of sp³-hybridized carbons (Fsp3) is 0.118. The van der Waals surface area contributed by atoms with Gasteiger partial charge >= 0.3 is 5.97 Å². The van der Waals surface area contributed by atoms with Gasteiger partial charge in [-0.2, -0.15) is 0 Å². The van der Waals surface area contributed by atoms with Crippen LogP contribution >= 0.6 is 0 Å². The Bertz CT molecular complexity index is 634. The lowest BCUT2D eigenvalue weighted by atomic mass is 10.1. The molecule has 3 heteroatoms. The number of carbonyl (C=O) groups is 1. The van der Waals surface area contributed by atoms with Crippen molar-refractivity contribution in [2.24, 2.45) is 0 Å². The number of nitrogens with zero attached hydrogens (tertiary/aromatic N) is 1. The smallest absolute Gasteiger partial charge is 0.328 e. The van der Waals surface area contributed by atoms with Crippen molar-refractivity contribution in [2.75, 3.05) is 4.90 Å². The molecule has 0 amide bonds. The monoisotopic (exact) mass is 265 g/mol. The van der Waals surface area contributed by atoms with E-state index in [1.807, 2.05) is 24.3 Å². The van der Waals surface area contributed by atoms with Crippen LogP contribution in [0.5, 0.6) is 0 Å².